The first-order valence-corrected chi connectivity index (χ1v) is 6.99. The maximum absolute atomic E-state index is 9.54. The molecular weight excluding hydrogens is 236 g/mol. The Morgan fingerprint density at radius 1 is 1.42 bits per heavy atom. The molecule has 0 aliphatic carbocycles. The lowest BCUT2D eigenvalue weighted by Gasteiger charge is -2.25. The normalized spacial score (nSPS) is 18.3. The van der Waals surface area contributed by atoms with E-state index in [2.05, 4.69) is 40.7 Å². The van der Waals surface area contributed by atoms with Crippen LogP contribution in [0.5, 0.6) is 0 Å². The van der Waals surface area contributed by atoms with E-state index in [1.54, 1.807) is 0 Å². The van der Waals surface area contributed by atoms with Crippen LogP contribution in [0.3, 0.4) is 0 Å². The molecule has 0 spiro atoms. The van der Waals surface area contributed by atoms with Crippen LogP contribution < -0.4 is 0 Å². The maximum atomic E-state index is 9.54. The lowest BCUT2D eigenvalue weighted by atomic mass is 10.0. The largest absolute Gasteiger partial charge is 0.394 e. The molecule has 0 saturated carbocycles. The molecule has 0 saturated heterocycles. The molecule has 2 aromatic rings. The van der Waals surface area contributed by atoms with E-state index in [-0.39, 0.29) is 12.6 Å². The van der Waals surface area contributed by atoms with Gasteiger partial charge in [-0.3, -0.25) is 0 Å². The molecule has 1 aromatic heterocycles. The average Bonchev–Trinajstić information content (AvgIpc) is 2.82. The van der Waals surface area contributed by atoms with Crippen molar-refractivity contribution in [3.05, 3.63) is 53.1 Å². The Morgan fingerprint density at radius 3 is 3.11 bits per heavy atom. The highest BCUT2D eigenvalue weighted by Crippen LogP contribution is 2.27. The van der Waals surface area contributed by atoms with Gasteiger partial charge >= 0.3 is 0 Å². The Hall–Kier alpha value is -1.61. The molecule has 100 valence electrons. The van der Waals surface area contributed by atoms with Gasteiger partial charge in [-0.1, -0.05) is 29.8 Å². The monoisotopic (exact) mass is 256 g/mol. The third-order valence-corrected chi connectivity index (χ3v) is 3.94. The molecule has 1 aromatic carbocycles. The van der Waals surface area contributed by atoms with Gasteiger partial charge in [0.15, 0.2) is 0 Å². The predicted octanol–water partition coefficient (Wildman–Crippen LogP) is 2.65. The number of nitrogens with zero attached hydrogens (tertiary/aromatic N) is 2. The van der Waals surface area contributed by atoms with Gasteiger partial charge in [0.05, 0.1) is 12.6 Å². The van der Waals surface area contributed by atoms with E-state index in [0.29, 0.717) is 0 Å². The van der Waals surface area contributed by atoms with Crippen molar-refractivity contribution in [3.63, 3.8) is 0 Å². The molecule has 3 rings (SSSR count). The number of aromatic nitrogens is 2. The average molecular weight is 256 g/mol. The molecule has 0 bridgehead atoms. The second kappa shape index (κ2) is 5.17. The number of benzene rings is 1. The van der Waals surface area contributed by atoms with Crippen molar-refractivity contribution in [3.8, 4) is 0 Å². The van der Waals surface area contributed by atoms with Gasteiger partial charge in [-0.25, -0.2) is 4.98 Å². The molecule has 19 heavy (non-hydrogen) atoms. The van der Waals surface area contributed by atoms with Crippen LogP contribution in [0.1, 0.15) is 41.5 Å². The summed E-state index contributed by atoms with van der Waals surface area (Å²) in [6.07, 6.45) is 6.12. The first-order chi connectivity index (χ1) is 9.28. The molecule has 0 radical (unpaired) electrons. The van der Waals surface area contributed by atoms with E-state index in [1.807, 2.05) is 6.20 Å². The minimum Gasteiger partial charge on any atom is -0.394 e. The zero-order valence-corrected chi connectivity index (χ0v) is 11.3. The minimum absolute atomic E-state index is 0.212. The van der Waals surface area contributed by atoms with Crippen molar-refractivity contribution in [1.82, 2.24) is 9.55 Å². The Bertz CT molecular complexity index is 574. The first kappa shape index (κ1) is 12.4. The van der Waals surface area contributed by atoms with Crippen molar-refractivity contribution < 1.29 is 5.11 Å². The summed E-state index contributed by atoms with van der Waals surface area (Å²) in [7, 11) is 0. The Kier molecular flexibility index (Phi) is 3.38. The van der Waals surface area contributed by atoms with Gasteiger partial charge in [0, 0.05) is 18.3 Å². The number of aliphatic hydroxyl groups excluding tert-OH is 1. The van der Waals surface area contributed by atoms with Crippen LogP contribution in [-0.2, 0) is 12.8 Å². The number of fused-ring (bicyclic) bond motifs is 1. The molecule has 3 nitrogen and oxygen atoms in total. The summed E-state index contributed by atoms with van der Waals surface area (Å²) in [6.45, 7) is 2.32. The molecule has 1 atom stereocenters. The molecule has 1 N–H and O–H groups in total. The van der Waals surface area contributed by atoms with Gasteiger partial charge < -0.3 is 9.67 Å². The van der Waals surface area contributed by atoms with Gasteiger partial charge in [0.25, 0.3) is 0 Å². The van der Waals surface area contributed by atoms with E-state index < -0.39 is 0 Å². The van der Waals surface area contributed by atoms with Crippen molar-refractivity contribution in [2.24, 2.45) is 0 Å². The molecule has 3 heteroatoms. The van der Waals surface area contributed by atoms with E-state index in [1.165, 1.54) is 16.8 Å². The fourth-order valence-electron chi connectivity index (χ4n) is 3.03. The van der Waals surface area contributed by atoms with E-state index in [9.17, 15) is 5.11 Å². The zero-order valence-electron chi connectivity index (χ0n) is 11.3. The van der Waals surface area contributed by atoms with Crippen LogP contribution in [0.4, 0.5) is 0 Å². The molecule has 2 heterocycles. The quantitative estimate of drug-likeness (QED) is 0.916. The predicted molar refractivity (Wildman–Crippen MR) is 75.3 cm³/mol. The second-order valence-corrected chi connectivity index (χ2v) is 5.43. The fraction of sp³-hybridized carbons (Fsp3) is 0.438. The Labute approximate surface area is 113 Å². The summed E-state index contributed by atoms with van der Waals surface area (Å²) in [5, 5.41) is 9.54. The lowest BCUT2D eigenvalue weighted by molar-refractivity contribution is 0.204. The van der Waals surface area contributed by atoms with Crippen molar-refractivity contribution in [1.29, 1.82) is 0 Å². The van der Waals surface area contributed by atoms with Crippen LogP contribution >= 0.6 is 0 Å². The number of hydrogen-bond acceptors (Lipinski definition) is 2. The van der Waals surface area contributed by atoms with Gasteiger partial charge in [0.1, 0.15) is 5.82 Å². The molecule has 1 aliphatic heterocycles. The zero-order chi connectivity index (χ0) is 13.2. The third kappa shape index (κ3) is 2.43. The van der Waals surface area contributed by atoms with Crippen molar-refractivity contribution in [2.75, 3.05) is 6.61 Å². The molecule has 0 amide bonds. The fourth-order valence-corrected chi connectivity index (χ4v) is 3.03. The summed E-state index contributed by atoms with van der Waals surface area (Å²) in [5.41, 5.74) is 3.84. The lowest BCUT2D eigenvalue weighted by Crippen LogP contribution is -2.22. The summed E-state index contributed by atoms with van der Waals surface area (Å²) in [5.74, 6) is 1.08. The van der Waals surface area contributed by atoms with Gasteiger partial charge in [0.2, 0.25) is 0 Å². The molecule has 0 fully saturated rings. The number of aryl methyl sites for hydroxylation is 2. The standard InChI is InChI=1S/C16H20N2O/c1-12-4-2-5-13(8-12)9-16-17-10-14-6-3-7-15(11-19)18(14)16/h2,4-5,8,10,15,19H,3,6-7,9,11H2,1H3. The van der Waals surface area contributed by atoms with Crippen LogP contribution in [0.2, 0.25) is 0 Å². The van der Waals surface area contributed by atoms with Gasteiger partial charge in [-0.05, 0) is 31.7 Å². The summed E-state index contributed by atoms with van der Waals surface area (Å²) < 4.78 is 2.26. The second-order valence-electron chi connectivity index (χ2n) is 5.43. The smallest absolute Gasteiger partial charge is 0.113 e. The van der Waals surface area contributed by atoms with E-state index in [4.69, 9.17) is 0 Å². The maximum Gasteiger partial charge on any atom is 0.113 e. The highest BCUT2D eigenvalue weighted by Gasteiger charge is 2.22. The van der Waals surface area contributed by atoms with Crippen LogP contribution in [0.25, 0.3) is 0 Å². The SMILES string of the molecule is Cc1cccc(Cc2ncc3n2C(CO)CCC3)c1. The number of aliphatic hydroxyl groups is 1. The van der Waals surface area contributed by atoms with Crippen LogP contribution in [0, 0.1) is 6.92 Å². The Morgan fingerprint density at radius 2 is 2.32 bits per heavy atom. The van der Waals surface area contributed by atoms with Gasteiger partial charge in [-0.2, -0.15) is 0 Å². The first-order valence-electron chi connectivity index (χ1n) is 6.99. The number of hydrogen-bond donors (Lipinski definition) is 1. The number of rotatable bonds is 3. The van der Waals surface area contributed by atoms with Crippen molar-refractivity contribution >= 4 is 0 Å². The molecule has 1 aliphatic rings. The highest BCUT2D eigenvalue weighted by atomic mass is 16.3. The molecular formula is C16H20N2O. The molecule has 1 unspecified atom stereocenters. The van der Waals surface area contributed by atoms with Crippen molar-refractivity contribution in [2.45, 2.75) is 38.6 Å². The summed E-state index contributed by atoms with van der Waals surface area (Å²) in [4.78, 5) is 4.57. The van der Waals surface area contributed by atoms with E-state index >= 15 is 0 Å². The topological polar surface area (TPSA) is 38.0 Å². The Balaban J connectivity index is 1.92. The minimum atomic E-state index is 0.212. The summed E-state index contributed by atoms with van der Waals surface area (Å²) >= 11 is 0. The van der Waals surface area contributed by atoms with Crippen LogP contribution in [-0.4, -0.2) is 21.3 Å². The third-order valence-electron chi connectivity index (χ3n) is 3.94. The van der Waals surface area contributed by atoms with Crippen LogP contribution in [0.15, 0.2) is 30.5 Å². The highest BCUT2D eigenvalue weighted by molar-refractivity contribution is 5.26. The van der Waals surface area contributed by atoms with E-state index in [0.717, 1.165) is 31.5 Å². The summed E-state index contributed by atoms with van der Waals surface area (Å²) in [6, 6.07) is 8.77. The van der Waals surface area contributed by atoms with Gasteiger partial charge in [-0.15, -0.1) is 0 Å². The number of imidazole rings is 1.